The second-order valence-corrected chi connectivity index (χ2v) is 5.50. The summed E-state index contributed by atoms with van der Waals surface area (Å²) < 4.78 is 3.97. The molecule has 2 rings (SSSR count). The topological polar surface area (TPSA) is 37.8 Å². The number of anilines is 1. The maximum absolute atomic E-state index is 4.12. The van der Waals surface area contributed by atoms with Gasteiger partial charge in [0, 0.05) is 18.1 Å². The second-order valence-electron chi connectivity index (χ2n) is 4.72. The maximum atomic E-state index is 4.12. The molecule has 14 heavy (non-hydrogen) atoms. The van der Waals surface area contributed by atoms with Crippen LogP contribution in [0.4, 0.5) is 5.13 Å². The van der Waals surface area contributed by atoms with Crippen molar-refractivity contribution < 1.29 is 0 Å². The molecular weight excluding hydrogens is 194 g/mol. The van der Waals surface area contributed by atoms with Crippen LogP contribution in [0, 0.1) is 11.3 Å². The van der Waals surface area contributed by atoms with Crippen LogP contribution in [0.3, 0.4) is 0 Å². The van der Waals surface area contributed by atoms with Crippen LogP contribution in [0.15, 0.2) is 6.33 Å². The van der Waals surface area contributed by atoms with E-state index in [1.165, 1.54) is 30.8 Å². The van der Waals surface area contributed by atoms with Crippen molar-refractivity contribution in [2.24, 2.45) is 11.3 Å². The summed E-state index contributed by atoms with van der Waals surface area (Å²) in [5, 5.41) is 4.30. The molecule has 0 aliphatic heterocycles. The van der Waals surface area contributed by atoms with E-state index in [1.807, 2.05) is 0 Å². The van der Waals surface area contributed by atoms with Gasteiger partial charge < -0.3 is 5.32 Å². The van der Waals surface area contributed by atoms with Crippen LogP contribution in [-0.4, -0.2) is 15.9 Å². The molecule has 0 unspecified atom stereocenters. The highest BCUT2D eigenvalue weighted by Crippen LogP contribution is 2.41. The molecule has 3 nitrogen and oxygen atoms in total. The summed E-state index contributed by atoms with van der Waals surface area (Å²) in [4.78, 5) is 4.12. The lowest BCUT2D eigenvalue weighted by Crippen LogP contribution is -2.35. The monoisotopic (exact) mass is 211 g/mol. The molecule has 0 atom stereocenters. The van der Waals surface area contributed by atoms with E-state index in [0.717, 1.165) is 17.6 Å². The lowest BCUT2D eigenvalue weighted by Gasteiger charge is -2.40. The maximum Gasteiger partial charge on any atom is 0.202 e. The number of hydrogen-bond acceptors (Lipinski definition) is 4. The molecule has 1 heterocycles. The van der Waals surface area contributed by atoms with Crippen LogP contribution in [0.2, 0.25) is 0 Å². The summed E-state index contributed by atoms with van der Waals surface area (Å²) in [6.07, 6.45) is 5.80. The Bertz CT molecular complexity index is 278. The lowest BCUT2D eigenvalue weighted by atomic mass is 9.67. The first-order valence-corrected chi connectivity index (χ1v) is 5.96. The van der Waals surface area contributed by atoms with Crippen molar-refractivity contribution in [2.75, 3.05) is 11.9 Å². The van der Waals surface area contributed by atoms with Crippen molar-refractivity contribution >= 4 is 16.7 Å². The zero-order chi connectivity index (χ0) is 10.0. The van der Waals surface area contributed by atoms with Crippen LogP contribution in [0.25, 0.3) is 0 Å². The first-order valence-electron chi connectivity index (χ1n) is 5.19. The Morgan fingerprint density at radius 2 is 2.36 bits per heavy atom. The molecule has 0 amide bonds. The van der Waals surface area contributed by atoms with E-state index in [0.29, 0.717) is 5.41 Å². The first kappa shape index (κ1) is 9.90. The Kier molecular flexibility index (Phi) is 2.72. The van der Waals surface area contributed by atoms with E-state index in [4.69, 9.17) is 0 Å². The van der Waals surface area contributed by atoms with Gasteiger partial charge in [0.1, 0.15) is 6.33 Å². The largest absolute Gasteiger partial charge is 0.360 e. The molecule has 78 valence electrons. The third-order valence-electron chi connectivity index (χ3n) is 3.27. The Labute approximate surface area is 89.1 Å². The smallest absolute Gasteiger partial charge is 0.202 e. The molecule has 1 aromatic heterocycles. The Hall–Kier alpha value is -0.640. The minimum absolute atomic E-state index is 0.393. The van der Waals surface area contributed by atoms with Crippen LogP contribution in [0.1, 0.15) is 33.1 Å². The van der Waals surface area contributed by atoms with Gasteiger partial charge in [0.15, 0.2) is 0 Å². The number of hydrogen-bond donors (Lipinski definition) is 1. The fourth-order valence-electron chi connectivity index (χ4n) is 1.89. The molecular formula is C10H17N3S. The van der Waals surface area contributed by atoms with E-state index in [-0.39, 0.29) is 0 Å². The highest BCUT2D eigenvalue weighted by atomic mass is 32.1. The van der Waals surface area contributed by atoms with E-state index >= 15 is 0 Å². The lowest BCUT2D eigenvalue weighted by molar-refractivity contribution is 0.134. The van der Waals surface area contributed by atoms with Gasteiger partial charge in [-0.2, -0.15) is 4.37 Å². The van der Waals surface area contributed by atoms with E-state index in [1.54, 1.807) is 6.33 Å². The van der Waals surface area contributed by atoms with Gasteiger partial charge in [0.25, 0.3) is 0 Å². The molecule has 0 spiro atoms. The van der Waals surface area contributed by atoms with Gasteiger partial charge in [-0.15, -0.1) is 0 Å². The van der Waals surface area contributed by atoms with Crippen molar-refractivity contribution in [3.63, 3.8) is 0 Å². The number of nitrogens with zero attached hydrogens (tertiary/aromatic N) is 2. The van der Waals surface area contributed by atoms with Gasteiger partial charge >= 0.3 is 0 Å². The average Bonchev–Trinajstić information content (AvgIpc) is 2.48. The highest BCUT2D eigenvalue weighted by Gasteiger charge is 2.33. The normalized spacial score (nSPS) is 17.9. The Morgan fingerprint density at radius 1 is 1.57 bits per heavy atom. The molecule has 1 N–H and O–H groups in total. The van der Waals surface area contributed by atoms with Crippen molar-refractivity contribution in [3.8, 4) is 0 Å². The zero-order valence-electron chi connectivity index (χ0n) is 8.79. The fourth-order valence-corrected chi connectivity index (χ4v) is 2.31. The van der Waals surface area contributed by atoms with Gasteiger partial charge in [-0.1, -0.05) is 20.3 Å². The average molecular weight is 211 g/mol. The Balaban J connectivity index is 1.84. The Morgan fingerprint density at radius 3 is 2.86 bits per heavy atom. The number of aromatic nitrogens is 2. The molecule has 1 aliphatic carbocycles. The predicted octanol–water partition coefficient (Wildman–Crippen LogP) is 2.78. The van der Waals surface area contributed by atoms with Gasteiger partial charge in [0.2, 0.25) is 5.13 Å². The number of nitrogens with one attached hydrogen (secondary N) is 1. The summed E-state index contributed by atoms with van der Waals surface area (Å²) in [5.74, 6) is 0.892. The van der Waals surface area contributed by atoms with Crippen LogP contribution < -0.4 is 5.32 Å². The minimum atomic E-state index is 0.393. The van der Waals surface area contributed by atoms with Crippen molar-refractivity contribution in [1.29, 1.82) is 0 Å². The first-order chi connectivity index (χ1) is 6.68. The van der Waals surface area contributed by atoms with E-state index < -0.39 is 0 Å². The van der Waals surface area contributed by atoms with Crippen molar-refractivity contribution in [1.82, 2.24) is 9.36 Å². The van der Waals surface area contributed by atoms with Gasteiger partial charge in [-0.05, 0) is 24.2 Å². The minimum Gasteiger partial charge on any atom is -0.360 e. The molecule has 1 aromatic rings. The molecule has 1 saturated carbocycles. The quantitative estimate of drug-likeness (QED) is 0.832. The standard InChI is InChI=1S/C10H17N3S/c1-10(2,8-4-3-5-8)6-11-9-12-7-13-14-9/h7-8H,3-6H2,1-2H3,(H,11,12,13). The predicted molar refractivity (Wildman–Crippen MR) is 59.5 cm³/mol. The summed E-state index contributed by atoms with van der Waals surface area (Å²) in [6, 6.07) is 0. The molecule has 0 aromatic carbocycles. The molecule has 0 saturated heterocycles. The van der Waals surface area contributed by atoms with Gasteiger partial charge in [-0.3, -0.25) is 0 Å². The zero-order valence-corrected chi connectivity index (χ0v) is 9.60. The van der Waals surface area contributed by atoms with Crippen LogP contribution in [-0.2, 0) is 0 Å². The highest BCUT2D eigenvalue weighted by molar-refractivity contribution is 7.09. The van der Waals surface area contributed by atoms with Gasteiger partial charge in [0.05, 0.1) is 0 Å². The summed E-state index contributed by atoms with van der Waals surface area (Å²) >= 11 is 1.43. The molecule has 0 bridgehead atoms. The third-order valence-corrected chi connectivity index (χ3v) is 3.89. The fraction of sp³-hybridized carbons (Fsp3) is 0.800. The molecule has 1 fully saturated rings. The number of rotatable bonds is 4. The summed E-state index contributed by atoms with van der Waals surface area (Å²) in [5.41, 5.74) is 0.393. The summed E-state index contributed by atoms with van der Waals surface area (Å²) in [7, 11) is 0. The third kappa shape index (κ3) is 2.05. The van der Waals surface area contributed by atoms with Crippen molar-refractivity contribution in [2.45, 2.75) is 33.1 Å². The van der Waals surface area contributed by atoms with E-state index in [9.17, 15) is 0 Å². The SMILES string of the molecule is CC(C)(CNc1ncns1)C1CCC1. The molecule has 1 aliphatic rings. The van der Waals surface area contributed by atoms with Crippen molar-refractivity contribution in [3.05, 3.63) is 6.33 Å². The second kappa shape index (κ2) is 3.85. The van der Waals surface area contributed by atoms with Gasteiger partial charge in [-0.25, -0.2) is 4.98 Å². The van der Waals surface area contributed by atoms with Crippen LogP contribution in [0.5, 0.6) is 0 Å². The molecule has 0 radical (unpaired) electrons. The van der Waals surface area contributed by atoms with Crippen LogP contribution >= 0.6 is 11.5 Å². The van der Waals surface area contributed by atoms with E-state index in [2.05, 4.69) is 28.5 Å². The molecule has 4 heteroatoms. The summed E-state index contributed by atoms with van der Waals surface area (Å²) in [6.45, 7) is 5.68.